The number of ether oxygens (including phenoxy) is 1. The minimum Gasteiger partial charge on any atom is -0.466 e. The van der Waals surface area contributed by atoms with Crippen LogP contribution in [-0.4, -0.2) is 42.6 Å². The zero-order valence-electron chi connectivity index (χ0n) is 11.6. The molecule has 0 spiro atoms. The minimum atomic E-state index is -1.17. The van der Waals surface area contributed by atoms with Crippen LogP contribution in [0.3, 0.4) is 0 Å². The van der Waals surface area contributed by atoms with Crippen LogP contribution in [-0.2, 0) is 15.1 Å². The maximum Gasteiger partial charge on any atom is 0.325 e. The van der Waals surface area contributed by atoms with Gasteiger partial charge < -0.3 is 20.2 Å². The normalized spacial score (nSPS) is 24.1. The van der Waals surface area contributed by atoms with Crippen molar-refractivity contribution < 1.29 is 18.7 Å². The lowest BCUT2D eigenvalue weighted by molar-refractivity contribution is -0.132. The van der Waals surface area contributed by atoms with E-state index in [1.165, 1.54) is 6.26 Å². The molecule has 20 heavy (non-hydrogen) atoms. The second-order valence-electron chi connectivity index (χ2n) is 4.76. The lowest BCUT2D eigenvalue weighted by Gasteiger charge is -2.22. The van der Waals surface area contributed by atoms with Crippen molar-refractivity contribution in [3.63, 3.8) is 0 Å². The highest BCUT2D eigenvalue weighted by Gasteiger charge is 2.51. The highest BCUT2D eigenvalue weighted by molar-refractivity contribution is 6.06. The molecule has 2 heterocycles. The predicted octanol–water partition coefficient (Wildman–Crippen LogP) is 0.410. The number of imide groups is 1. The Bertz CT molecular complexity index is 488. The summed E-state index contributed by atoms with van der Waals surface area (Å²) in [5.41, 5.74) is 4.40. The molecule has 1 saturated heterocycles. The van der Waals surface area contributed by atoms with E-state index in [2.05, 4.69) is 5.32 Å². The molecule has 2 rings (SSSR count). The van der Waals surface area contributed by atoms with Crippen LogP contribution >= 0.6 is 0 Å². The Morgan fingerprint density at radius 3 is 2.85 bits per heavy atom. The number of furan rings is 1. The van der Waals surface area contributed by atoms with Gasteiger partial charge in [0, 0.05) is 13.2 Å². The quantitative estimate of drug-likeness (QED) is 0.736. The molecule has 3 N–H and O–H groups in total. The van der Waals surface area contributed by atoms with Crippen molar-refractivity contribution in [2.45, 2.75) is 25.5 Å². The van der Waals surface area contributed by atoms with Crippen LogP contribution in [0.15, 0.2) is 22.8 Å². The summed E-state index contributed by atoms with van der Waals surface area (Å²) in [6.07, 6.45) is 1.10. The van der Waals surface area contributed by atoms with Crippen molar-refractivity contribution in [1.82, 2.24) is 10.2 Å². The topological polar surface area (TPSA) is 97.8 Å². The van der Waals surface area contributed by atoms with E-state index in [9.17, 15) is 9.59 Å². The maximum absolute atomic E-state index is 12.5. The molecule has 0 aliphatic carbocycles. The van der Waals surface area contributed by atoms with Gasteiger partial charge in [0.1, 0.15) is 5.76 Å². The van der Waals surface area contributed by atoms with Crippen molar-refractivity contribution >= 4 is 11.9 Å². The number of nitrogens with two attached hydrogens (primary N) is 1. The average molecular weight is 281 g/mol. The van der Waals surface area contributed by atoms with Gasteiger partial charge in [0.25, 0.3) is 5.91 Å². The average Bonchev–Trinajstić information content (AvgIpc) is 3.02. The third-order valence-electron chi connectivity index (χ3n) is 3.34. The second kappa shape index (κ2) is 5.64. The Balaban J connectivity index is 2.17. The predicted molar refractivity (Wildman–Crippen MR) is 70.8 cm³/mol. The van der Waals surface area contributed by atoms with Gasteiger partial charge >= 0.3 is 6.03 Å². The van der Waals surface area contributed by atoms with Gasteiger partial charge in [-0.25, -0.2) is 4.79 Å². The van der Waals surface area contributed by atoms with Gasteiger partial charge in [-0.2, -0.15) is 0 Å². The molecule has 1 aromatic rings. The third-order valence-corrected chi connectivity index (χ3v) is 3.34. The SMILES string of the molecule is CCOC(CN)CN1C(=O)NC(C)(c2ccco2)C1=O. The Morgan fingerprint density at radius 2 is 2.30 bits per heavy atom. The number of rotatable bonds is 6. The van der Waals surface area contributed by atoms with Crippen LogP contribution < -0.4 is 11.1 Å². The molecule has 1 aliphatic rings. The van der Waals surface area contributed by atoms with Crippen LogP contribution in [0.5, 0.6) is 0 Å². The number of hydrogen-bond donors (Lipinski definition) is 2. The van der Waals surface area contributed by atoms with Crippen LogP contribution in [0.25, 0.3) is 0 Å². The van der Waals surface area contributed by atoms with E-state index in [0.29, 0.717) is 12.4 Å². The smallest absolute Gasteiger partial charge is 0.325 e. The third kappa shape index (κ3) is 2.41. The van der Waals surface area contributed by atoms with Crippen molar-refractivity contribution in [1.29, 1.82) is 0 Å². The number of nitrogens with zero attached hydrogens (tertiary/aromatic N) is 1. The molecule has 0 radical (unpaired) electrons. The van der Waals surface area contributed by atoms with Crippen LogP contribution in [0.1, 0.15) is 19.6 Å². The van der Waals surface area contributed by atoms with E-state index < -0.39 is 11.6 Å². The fraction of sp³-hybridized carbons (Fsp3) is 0.538. The molecule has 1 fully saturated rings. The first kappa shape index (κ1) is 14.5. The number of carbonyl (C=O) groups excluding carboxylic acids is 2. The summed E-state index contributed by atoms with van der Waals surface area (Å²) in [6.45, 7) is 4.29. The second-order valence-corrected chi connectivity index (χ2v) is 4.76. The molecule has 0 aromatic carbocycles. The fourth-order valence-corrected chi connectivity index (χ4v) is 2.23. The summed E-state index contributed by atoms with van der Waals surface area (Å²) in [4.78, 5) is 25.6. The van der Waals surface area contributed by atoms with E-state index in [0.717, 1.165) is 4.90 Å². The van der Waals surface area contributed by atoms with Gasteiger partial charge in [-0.1, -0.05) is 0 Å². The molecule has 110 valence electrons. The first-order valence-corrected chi connectivity index (χ1v) is 6.52. The van der Waals surface area contributed by atoms with E-state index in [4.69, 9.17) is 14.9 Å². The lowest BCUT2D eigenvalue weighted by Crippen LogP contribution is -2.43. The fourth-order valence-electron chi connectivity index (χ4n) is 2.23. The molecule has 3 amide bonds. The van der Waals surface area contributed by atoms with Gasteiger partial charge in [0.2, 0.25) is 0 Å². The molecule has 0 saturated carbocycles. The molecule has 0 bridgehead atoms. The summed E-state index contributed by atoms with van der Waals surface area (Å²) < 4.78 is 10.6. The first-order valence-electron chi connectivity index (χ1n) is 6.52. The maximum atomic E-state index is 12.5. The van der Waals surface area contributed by atoms with Gasteiger partial charge in [-0.3, -0.25) is 9.69 Å². The highest BCUT2D eigenvalue weighted by Crippen LogP contribution is 2.29. The zero-order valence-corrected chi connectivity index (χ0v) is 11.6. The van der Waals surface area contributed by atoms with E-state index in [1.807, 2.05) is 6.92 Å². The summed E-state index contributed by atoms with van der Waals surface area (Å²) in [5, 5.41) is 2.65. The number of amides is 3. The Morgan fingerprint density at radius 1 is 1.55 bits per heavy atom. The van der Waals surface area contributed by atoms with Gasteiger partial charge in [0.15, 0.2) is 5.54 Å². The zero-order chi connectivity index (χ0) is 14.8. The minimum absolute atomic E-state index is 0.130. The van der Waals surface area contributed by atoms with Crippen LogP contribution in [0.2, 0.25) is 0 Å². The van der Waals surface area contributed by atoms with Gasteiger partial charge in [0.05, 0.1) is 18.9 Å². The highest BCUT2D eigenvalue weighted by atomic mass is 16.5. The molecular weight excluding hydrogens is 262 g/mol. The van der Waals surface area contributed by atoms with Crippen molar-refractivity contribution in [3.8, 4) is 0 Å². The Kier molecular flexibility index (Phi) is 4.10. The molecule has 1 aromatic heterocycles. The number of urea groups is 1. The van der Waals surface area contributed by atoms with Crippen molar-refractivity contribution in [2.75, 3.05) is 19.7 Å². The molecule has 2 atom stereocenters. The summed E-state index contributed by atoms with van der Waals surface area (Å²) in [6, 6.07) is 2.86. The largest absolute Gasteiger partial charge is 0.466 e. The standard InChI is InChI=1S/C13H19N3O4/c1-3-19-9(7-14)8-16-11(17)13(2,15-12(16)18)10-5-4-6-20-10/h4-6,9H,3,7-8,14H2,1-2H3,(H,15,18). The number of carbonyl (C=O) groups is 2. The molecule has 1 aliphatic heterocycles. The number of nitrogens with one attached hydrogen (secondary N) is 1. The summed E-state index contributed by atoms with van der Waals surface area (Å²) >= 11 is 0. The van der Waals surface area contributed by atoms with Gasteiger partial charge in [-0.05, 0) is 26.0 Å². The molecule has 2 unspecified atom stereocenters. The Hall–Kier alpha value is -1.86. The lowest BCUT2D eigenvalue weighted by atomic mass is 9.99. The molecular formula is C13H19N3O4. The first-order chi connectivity index (χ1) is 9.52. The van der Waals surface area contributed by atoms with Crippen molar-refractivity contribution in [2.24, 2.45) is 5.73 Å². The number of hydrogen-bond acceptors (Lipinski definition) is 5. The van der Waals surface area contributed by atoms with Crippen LogP contribution in [0.4, 0.5) is 4.79 Å². The van der Waals surface area contributed by atoms with Gasteiger partial charge in [-0.15, -0.1) is 0 Å². The van der Waals surface area contributed by atoms with E-state index in [-0.39, 0.29) is 25.1 Å². The van der Waals surface area contributed by atoms with E-state index in [1.54, 1.807) is 19.1 Å². The Labute approximate surface area is 117 Å². The summed E-state index contributed by atoms with van der Waals surface area (Å²) in [5.74, 6) is 0.0367. The van der Waals surface area contributed by atoms with E-state index >= 15 is 0 Å². The molecule has 7 heteroatoms. The van der Waals surface area contributed by atoms with Crippen molar-refractivity contribution in [3.05, 3.63) is 24.2 Å². The summed E-state index contributed by atoms with van der Waals surface area (Å²) in [7, 11) is 0. The van der Waals surface area contributed by atoms with Crippen LogP contribution in [0, 0.1) is 0 Å². The monoisotopic (exact) mass is 281 g/mol. The molecule has 7 nitrogen and oxygen atoms in total.